The van der Waals surface area contributed by atoms with Crippen LogP contribution in [0, 0.1) is 12.7 Å². The van der Waals surface area contributed by atoms with Gasteiger partial charge in [-0.15, -0.1) is 11.3 Å². The number of carbonyl (C=O) groups is 1. The second-order valence-electron chi connectivity index (χ2n) is 8.60. The van der Waals surface area contributed by atoms with Crippen molar-refractivity contribution in [2.75, 3.05) is 42.9 Å². The van der Waals surface area contributed by atoms with Crippen molar-refractivity contribution in [3.05, 3.63) is 41.6 Å². The summed E-state index contributed by atoms with van der Waals surface area (Å²) in [5.41, 5.74) is 3.21. The number of fused-ring (bicyclic) bond motifs is 1. The van der Waals surface area contributed by atoms with Crippen molar-refractivity contribution < 1.29 is 9.18 Å². The van der Waals surface area contributed by atoms with Crippen molar-refractivity contribution in [3.8, 4) is 10.6 Å². The maximum atomic E-state index is 14.8. The van der Waals surface area contributed by atoms with Crippen LogP contribution >= 0.6 is 11.3 Å². The summed E-state index contributed by atoms with van der Waals surface area (Å²) in [4.78, 5) is 30.5. The topological polar surface area (TPSA) is 92.1 Å². The van der Waals surface area contributed by atoms with Crippen molar-refractivity contribution in [3.63, 3.8) is 0 Å². The Hall–Kier alpha value is -3.44. The summed E-state index contributed by atoms with van der Waals surface area (Å²) in [6.07, 6.45) is 2.98. The molecule has 182 valence electrons. The van der Waals surface area contributed by atoms with E-state index in [9.17, 15) is 9.18 Å². The number of halogens is 1. The van der Waals surface area contributed by atoms with Gasteiger partial charge in [-0.3, -0.25) is 9.48 Å². The minimum Gasteiger partial charge on any atom is -0.368 e. The molecule has 1 saturated heterocycles. The molecule has 1 aliphatic heterocycles. The highest BCUT2D eigenvalue weighted by molar-refractivity contribution is 7.22. The molecule has 0 radical (unpaired) electrons. The molecule has 0 unspecified atom stereocenters. The quantitative estimate of drug-likeness (QED) is 0.402. The summed E-state index contributed by atoms with van der Waals surface area (Å²) in [7, 11) is 1.74. The molecule has 4 aromatic rings. The van der Waals surface area contributed by atoms with E-state index in [1.54, 1.807) is 11.7 Å². The van der Waals surface area contributed by atoms with Crippen LogP contribution in [-0.4, -0.2) is 68.1 Å². The van der Waals surface area contributed by atoms with Gasteiger partial charge in [0.2, 0.25) is 5.95 Å². The van der Waals surface area contributed by atoms with Gasteiger partial charge in [0.15, 0.2) is 11.6 Å². The minimum absolute atomic E-state index is 0.0879. The Balaban J connectivity index is 1.39. The van der Waals surface area contributed by atoms with Crippen LogP contribution in [0.2, 0.25) is 0 Å². The lowest BCUT2D eigenvalue weighted by Crippen LogP contribution is -2.46. The Labute approximate surface area is 206 Å². The molecule has 0 aliphatic carbocycles. The number of anilines is 3. The van der Waals surface area contributed by atoms with Gasteiger partial charge in [-0.05, 0) is 31.2 Å². The number of thiophene rings is 1. The van der Waals surface area contributed by atoms with E-state index in [1.807, 2.05) is 25.3 Å². The fourth-order valence-electron chi connectivity index (χ4n) is 4.42. The number of carbonyl (C=O) groups excluding carboxylic acids is 1. The highest BCUT2D eigenvalue weighted by Gasteiger charge is 2.23. The maximum absolute atomic E-state index is 14.8. The minimum atomic E-state index is -0.536. The molecule has 11 heteroatoms. The number of piperazine rings is 1. The predicted octanol–water partition coefficient (Wildman–Crippen LogP) is 4.02. The Bertz CT molecular complexity index is 1390. The number of ketones is 1. The molecule has 1 aliphatic rings. The zero-order chi connectivity index (χ0) is 24.7. The van der Waals surface area contributed by atoms with Crippen molar-refractivity contribution in [2.24, 2.45) is 7.05 Å². The Morgan fingerprint density at radius 1 is 1.17 bits per heavy atom. The van der Waals surface area contributed by atoms with E-state index < -0.39 is 5.82 Å². The van der Waals surface area contributed by atoms with Gasteiger partial charge in [0.1, 0.15) is 22.7 Å². The van der Waals surface area contributed by atoms with Gasteiger partial charge in [-0.2, -0.15) is 5.10 Å². The number of hydrogen-bond donors (Lipinski definition) is 1. The number of likely N-dealkylation sites (N-methyl/N-ethyl adjacent to an activating group) is 1. The second-order valence-corrected chi connectivity index (χ2v) is 9.62. The molecular weight excluding hydrogens is 467 g/mol. The van der Waals surface area contributed by atoms with E-state index in [0.29, 0.717) is 21.9 Å². The molecule has 5 heterocycles. The molecule has 0 spiro atoms. The lowest BCUT2D eigenvalue weighted by atomic mass is 10.2. The second kappa shape index (κ2) is 9.31. The summed E-state index contributed by atoms with van der Waals surface area (Å²) < 4.78 is 17.1. The zero-order valence-corrected chi connectivity index (χ0v) is 21.0. The summed E-state index contributed by atoms with van der Waals surface area (Å²) in [5, 5.41) is 7.54. The van der Waals surface area contributed by atoms with Crippen LogP contribution in [-0.2, 0) is 7.05 Å². The van der Waals surface area contributed by atoms with Crippen LogP contribution in [0.15, 0.2) is 24.5 Å². The average Bonchev–Trinajstić information content (AvgIpc) is 3.35. The highest BCUT2D eigenvalue weighted by Crippen LogP contribution is 2.39. The Morgan fingerprint density at radius 3 is 2.60 bits per heavy atom. The molecule has 0 amide bonds. The third kappa shape index (κ3) is 4.37. The first-order valence-electron chi connectivity index (χ1n) is 11.6. The highest BCUT2D eigenvalue weighted by atomic mass is 32.1. The average molecular weight is 495 g/mol. The third-order valence-corrected chi connectivity index (χ3v) is 7.66. The van der Waals surface area contributed by atoms with E-state index in [1.165, 1.54) is 18.3 Å². The number of pyridine rings is 1. The van der Waals surface area contributed by atoms with E-state index in [4.69, 9.17) is 0 Å². The smallest absolute Gasteiger partial charge is 0.229 e. The van der Waals surface area contributed by atoms with Crippen molar-refractivity contribution in [1.29, 1.82) is 0 Å². The monoisotopic (exact) mass is 494 g/mol. The fourth-order valence-corrected chi connectivity index (χ4v) is 5.77. The molecule has 0 saturated carbocycles. The van der Waals surface area contributed by atoms with E-state index in [2.05, 4.69) is 42.1 Å². The number of Topliss-reactive ketones (excluding diaryl/α,β-unsaturated/α-hetero) is 1. The maximum Gasteiger partial charge on any atom is 0.229 e. The van der Waals surface area contributed by atoms with Gasteiger partial charge in [-0.25, -0.2) is 19.3 Å². The van der Waals surface area contributed by atoms with Crippen LogP contribution in [0.3, 0.4) is 0 Å². The van der Waals surface area contributed by atoms with Crippen molar-refractivity contribution >= 4 is 44.8 Å². The molecule has 1 N–H and O–H groups in total. The molecule has 1 fully saturated rings. The summed E-state index contributed by atoms with van der Waals surface area (Å²) in [5.74, 6) is 0.199. The first kappa shape index (κ1) is 23.3. The number of aryl methyl sites for hydroxylation is 2. The molecule has 9 nitrogen and oxygen atoms in total. The van der Waals surface area contributed by atoms with Crippen LogP contribution in [0.5, 0.6) is 0 Å². The third-order valence-electron chi connectivity index (χ3n) is 6.37. The van der Waals surface area contributed by atoms with Crippen molar-refractivity contribution in [2.45, 2.75) is 20.8 Å². The summed E-state index contributed by atoms with van der Waals surface area (Å²) >= 11 is 1.31. The lowest BCUT2D eigenvalue weighted by molar-refractivity contribution is 0.101. The Kier molecular flexibility index (Phi) is 6.20. The van der Waals surface area contributed by atoms with Crippen LogP contribution in [0.1, 0.15) is 29.9 Å². The zero-order valence-electron chi connectivity index (χ0n) is 20.2. The number of nitrogens with zero attached hydrogens (tertiary/aromatic N) is 7. The largest absolute Gasteiger partial charge is 0.368 e. The van der Waals surface area contributed by atoms with Gasteiger partial charge >= 0.3 is 0 Å². The molecule has 0 aromatic carbocycles. The van der Waals surface area contributed by atoms with Gasteiger partial charge in [0.25, 0.3) is 0 Å². The van der Waals surface area contributed by atoms with Crippen LogP contribution in [0.4, 0.5) is 21.8 Å². The van der Waals surface area contributed by atoms with Crippen LogP contribution < -0.4 is 10.2 Å². The first-order valence-corrected chi connectivity index (χ1v) is 12.4. The molecular formula is C24H27FN8OS. The normalized spacial score (nSPS) is 14.6. The standard InChI is InChI=1S/C24H27FN8OS/c1-5-32-8-10-33(11-9-32)16-6-7-18(26-12-16)28-24-27-13-17(25)20(29-24)22-14(2)19-23(35-22)21(15(3)34)31(4)30-19/h6-7,12-13H,5,8-11H2,1-4H3,(H,26,27,28,29). The summed E-state index contributed by atoms with van der Waals surface area (Å²) in [6, 6.07) is 3.90. The Morgan fingerprint density at radius 2 is 1.94 bits per heavy atom. The van der Waals surface area contributed by atoms with E-state index >= 15 is 0 Å². The van der Waals surface area contributed by atoms with Gasteiger partial charge < -0.3 is 15.1 Å². The number of rotatable bonds is 6. The number of hydrogen-bond acceptors (Lipinski definition) is 9. The predicted molar refractivity (Wildman–Crippen MR) is 136 cm³/mol. The SMILES string of the molecule is CCN1CCN(c2ccc(Nc3ncc(F)c(-c4sc5c(C(C)=O)n(C)nc5c4C)n3)nc2)CC1. The van der Waals surface area contributed by atoms with Crippen molar-refractivity contribution in [1.82, 2.24) is 29.6 Å². The molecule has 5 rings (SSSR count). The lowest BCUT2D eigenvalue weighted by Gasteiger charge is -2.35. The number of nitrogens with one attached hydrogen (secondary N) is 1. The van der Waals surface area contributed by atoms with Crippen LogP contribution in [0.25, 0.3) is 20.8 Å². The molecule has 35 heavy (non-hydrogen) atoms. The number of aromatic nitrogens is 5. The fraction of sp³-hybridized carbons (Fsp3) is 0.375. The first-order chi connectivity index (χ1) is 16.9. The van der Waals surface area contributed by atoms with Gasteiger partial charge in [0, 0.05) is 40.2 Å². The molecule has 0 bridgehead atoms. The van der Waals surface area contributed by atoms with Gasteiger partial charge in [-0.1, -0.05) is 6.92 Å². The van der Waals surface area contributed by atoms with Gasteiger partial charge in [0.05, 0.1) is 27.7 Å². The van der Waals surface area contributed by atoms with E-state index in [-0.39, 0.29) is 17.4 Å². The van der Waals surface area contributed by atoms with E-state index in [0.717, 1.165) is 54.9 Å². The summed E-state index contributed by atoms with van der Waals surface area (Å²) in [6.45, 7) is 10.7. The molecule has 0 atom stereocenters. The molecule has 4 aromatic heterocycles.